The number of halogens is 2. The third-order valence-electron chi connectivity index (χ3n) is 2.02. The highest BCUT2D eigenvalue weighted by Crippen LogP contribution is 2.25. The lowest BCUT2D eigenvalue weighted by atomic mass is 10.3. The Morgan fingerprint density at radius 3 is 2.67 bits per heavy atom. The van der Waals surface area contributed by atoms with E-state index in [4.69, 9.17) is 34.1 Å². The number of anilines is 2. The summed E-state index contributed by atoms with van der Waals surface area (Å²) in [4.78, 5) is 0. The molecular weight excluding hydrogens is 281 g/mol. The standard InChI is InChI=1S/C9H7Cl2N5O2/c10-5-2-1-4(3-6(5)11)13-9(14-17)7-8(12)16-18-15-7/h1-3,17H,(H2,12,16)(H,13,14). The molecule has 0 radical (unpaired) electrons. The quantitative estimate of drug-likeness (QED) is 0.338. The number of oxime groups is 1. The summed E-state index contributed by atoms with van der Waals surface area (Å²) >= 11 is 11.6. The molecule has 1 heterocycles. The van der Waals surface area contributed by atoms with Gasteiger partial charge in [-0.2, -0.15) is 0 Å². The summed E-state index contributed by atoms with van der Waals surface area (Å²) in [6.07, 6.45) is 0. The first kappa shape index (κ1) is 12.5. The van der Waals surface area contributed by atoms with Crippen LogP contribution in [0.5, 0.6) is 0 Å². The van der Waals surface area contributed by atoms with E-state index in [9.17, 15) is 0 Å². The van der Waals surface area contributed by atoms with Gasteiger partial charge in [0, 0.05) is 5.69 Å². The normalized spacial score (nSPS) is 11.6. The van der Waals surface area contributed by atoms with Crippen LogP contribution in [0, 0.1) is 0 Å². The van der Waals surface area contributed by atoms with Crippen molar-refractivity contribution in [2.75, 3.05) is 11.1 Å². The van der Waals surface area contributed by atoms with Gasteiger partial charge >= 0.3 is 0 Å². The number of nitrogen functional groups attached to an aromatic ring is 1. The minimum absolute atomic E-state index is 0.00430. The van der Waals surface area contributed by atoms with Gasteiger partial charge in [-0.25, -0.2) is 4.63 Å². The summed E-state index contributed by atoms with van der Waals surface area (Å²) in [5.41, 5.74) is 6.11. The number of aromatic nitrogens is 2. The fraction of sp³-hybridized carbons (Fsp3) is 0. The van der Waals surface area contributed by atoms with Gasteiger partial charge < -0.3 is 16.3 Å². The van der Waals surface area contributed by atoms with E-state index in [1.165, 1.54) is 0 Å². The number of hydrogen-bond donors (Lipinski definition) is 3. The van der Waals surface area contributed by atoms with Crippen LogP contribution in [0.15, 0.2) is 28.0 Å². The van der Waals surface area contributed by atoms with E-state index in [0.29, 0.717) is 15.7 Å². The molecule has 0 saturated heterocycles. The SMILES string of the molecule is Nc1nonc1/C(=N/O)Nc1ccc(Cl)c(Cl)c1. The Balaban J connectivity index is 2.27. The molecule has 4 N–H and O–H groups in total. The number of benzene rings is 1. The average molecular weight is 288 g/mol. The Hall–Kier alpha value is -1.99. The molecule has 0 aliphatic heterocycles. The van der Waals surface area contributed by atoms with Crippen LogP contribution in [0.4, 0.5) is 11.5 Å². The van der Waals surface area contributed by atoms with Gasteiger partial charge in [0.15, 0.2) is 11.5 Å². The van der Waals surface area contributed by atoms with E-state index < -0.39 is 0 Å². The first-order valence-electron chi connectivity index (χ1n) is 4.64. The first-order valence-corrected chi connectivity index (χ1v) is 5.40. The van der Waals surface area contributed by atoms with E-state index in [-0.39, 0.29) is 17.3 Å². The second-order valence-electron chi connectivity index (χ2n) is 3.20. The minimum atomic E-state index is -0.0212. The maximum absolute atomic E-state index is 8.91. The van der Waals surface area contributed by atoms with Crippen molar-refractivity contribution in [1.29, 1.82) is 0 Å². The van der Waals surface area contributed by atoms with E-state index >= 15 is 0 Å². The molecule has 0 saturated carbocycles. The smallest absolute Gasteiger partial charge is 0.203 e. The van der Waals surface area contributed by atoms with E-state index in [0.717, 1.165) is 0 Å². The Morgan fingerprint density at radius 2 is 2.11 bits per heavy atom. The zero-order valence-corrected chi connectivity index (χ0v) is 10.3. The van der Waals surface area contributed by atoms with E-state index in [2.05, 4.69) is 25.4 Å². The molecule has 18 heavy (non-hydrogen) atoms. The monoisotopic (exact) mass is 287 g/mol. The van der Waals surface area contributed by atoms with Gasteiger partial charge in [-0.15, -0.1) is 0 Å². The van der Waals surface area contributed by atoms with Gasteiger partial charge in [0.25, 0.3) is 0 Å². The summed E-state index contributed by atoms with van der Waals surface area (Å²) in [6.45, 7) is 0. The largest absolute Gasteiger partial charge is 0.409 e. The van der Waals surface area contributed by atoms with Gasteiger partial charge in [0.05, 0.1) is 10.0 Å². The molecule has 0 fully saturated rings. The number of nitrogens with one attached hydrogen (secondary N) is 1. The Bertz CT molecular complexity index is 598. The summed E-state index contributed by atoms with van der Waals surface area (Å²) in [5, 5.41) is 22.3. The van der Waals surface area contributed by atoms with E-state index in [1.807, 2.05) is 0 Å². The molecule has 0 aliphatic rings. The molecule has 0 unspecified atom stereocenters. The van der Waals surface area contributed by atoms with E-state index in [1.54, 1.807) is 18.2 Å². The molecule has 7 nitrogen and oxygen atoms in total. The zero-order valence-electron chi connectivity index (χ0n) is 8.76. The van der Waals surface area contributed by atoms with Crippen molar-refractivity contribution in [2.24, 2.45) is 5.16 Å². The molecule has 0 atom stereocenters. The number of amidine groups is 1. The third-order valence-corrected chi connectivity index (χ3v) is 2.76. The van der Waals surface area contributed by atoms with Crippen LogP contribution in [0.1, 0.15) is 5.69 Å². The van der Waals surface area contributed by atoms with Crippen LogP contribution in [-0.2, 0) is 0 Å². The highest BCUT2D eigenvalue weighted by atomic mass is 35.5. The lowest BCUT2D eigenvalue weighted by Gasteiger charge is -2.06. The summed E-state index contributed by atoms with van der Waals surface area (Å²) in [6, 6.07) is 4.79. The van der Waals surface area contributed by atoms with Crippen molar-refractivity contribution in [2.45, 2.75) is 0 Å². The predicted molar refractivity (Wildman–Crippen MR) is 67.1 cm³/mol. The minimum Gasteiger partial charge on any atom is -0.409 e. The fourth-order valence-electron chi connectivity index (χ4n) is 1.20. The Labute approximate surface area is 111 Å². The van der Waals surface area contributed by atoms with Crippen LogP contribution in [0.3, 0.4) is 0 Å². The summed E-state index contributed by atoms with van der Waals surface area (Å²) in [7, 11) is 0. The van der Waals surface area contributed by atoms with Crippen molar-refractivity contribution in [3.05, 3.63) is 33.9 Å². The van der Waals surface area contributed by atoms with Crippen LogP contribution < -0.4 is 11.1 Å². The molecule has 1 aromatic heterocycles. The van der Waals surface area contributed by atoms with Gasteiger partial charge in [-0.3, -0.25) is 0 Å². The molecular formula is C9H7Cl2N5O2. The molecule has 2 rings (SSSR count). The number of rotatable bonds is 2. The summed E-state index contributed by atoms with van der Waals surface area (Å²) < 4.78 is 4.40. The number of hydrogen-bond acceptors (Lipinski definition) is 6. The predicted octanol–water partition coefficient (Wildman–Crippen LogP) is 2.21. The molecule has 1 aromatic carbocycles. The third kappa shape index (κ3) is 2.47. The van der Waals surface area contributed by atoms with Gasteiger partial charge in [0.1, 0.15) is 0 Å². The Kier molecular flexibility index (Phi) is 3.54. The topological polar surface area (TPSA) is 110 Å². The van der Waals surface area contributed by atoms with Crippen molar-refractivity contribution in [3.8, 4) is 0 Å². The molecule has 94 valence electrons. The maximum atomic E-state index is 8.91. The maximum Gasteiger partial charge on any atom is 0.203 e. The van der Waals surface area contributed by atoms with Crippen molar-refractivity contribution in [1.82, 2.24) is 10.3 Å². The number of nitrogens with two attached hydrogens (primary N) is 1. The van der Waals surface area contributed by atoms with Crippen molar-refractivity contribution < 1.29 is 9.84 Å². The van der Waals surface area contributed by atoms with Gasteiger partial charge in [0.2, 0.25) is 5.84 Å². The second kappa shape index (κ2) is 5.11. The van der Waals surface area contributed by atoms with Gasteiger partial charge in [-0.1, -0.05) is 28.4 Å². The lowest BCUT2D eigenvalue weighted by Crippen LogP contribution is -2.15. The Morgan fingerprint density at radius 1 is 1.33 bits per heavy atom. The van der Waals surface area contributed by atoms with Crippen LogP contribution in [0.25, 0.3) is 0 Å². The highest BCUT2D eigenvalue weighted by Gasteiger charge is 2.15. The first-order chi connectivity index (χ1) is 8.61. The molecule has 9 heteroatoms. The molecule has 0 spiro atoms. The molecule has 0 amide bonds. The molecule has 0 aliphatic carbocycles. The van der Waals surface area contributed by atoms with Gasteiger partial charge in [-0.05, 0) is 28.5 Å². The zero-order chi connectivity index (χ0) is 13.1. The van der Waals surface area contributed by atoms with Crippen LogP contribution in [0.2, 0.25) is 10.0 Å². The second-order valence-corrected chi connectivity index (χ2v) is 4.01. The lowest BCUT2D eigenvalue weighted by molar-refractivity contribution is 0.305. The summed E-state index contributed by atoms with van der Waals surface area (Å²) in [5.74, 6) is -0.0255. The van der Waals surface area contributed by atoms with Crippen LogP contribution >= 0.6 is 23.2 Å². The highest BCUT2D eigenvalue weighted by molar-refractivity contribution is 6.42. The molecule has 0 bridgehead atoms. The average Bonchev–Trinajstić information content (AvgIpc) is 2.77. The van der Waals surface area contributed by atoms with Crippen molar-refractivity contribution in [3.63, 3.8) is 0 Å². The van der Waals surface area contributed by atoms with Crippen molar-refractivity contribution >= 4 is 40.5 Å². The number of nitrogens with zero attached hydrogens (tertiary/aromatic N) is 3. The van der Waals surface area contributed by atoms with Crippen LogP contribution in [-0.4, -0.2) is 21.4 Å². The fourth-order valence-corrected chi connectivity index (χ4v) is 1.50. The molecule has 2 aromatic rings.